The van der Waals surface area contributed by atoms with Crippen LogP contribution in [0.25, 0.3) is 0 Å². The maximum Gasteiger partial charge on any atom is 0.239 e. The van der Waals surface area contributed by atoms with Crippen molar-refractivity contribution in [1.82, 2.24) is 15.5 Å². The van der Waals surface area contributed by atoms with E-state index in [2.05, 4.69) is 15.5 Å². The van der Waals surface area contributed by atoms with E-state index >= 15 is 0 Å². The first kappa shape index (κ1) is 18.0. The van der Waals surface area contributed by atoms with Crippen molar-refractivity contribution in [1.29, 1.82) is 0 Å². The Kier molecular flexibility index (Phi) is 5.78. The largest absolute Gasteiger partial charge is 0.367 e. The number of nitrogens with two attached hydrogens (primary N) is 1. The summed E-state index contributed by atoms with van der Waals surface area (Å²) in [6, 6.07) is 7.49. The molecular weight excluding hydrogens is 342 g/mol. The molecule has 136 valence electrons. The highest BCUT2D eigenvalue weighted by molar-refractivity contribution is 6.33. The highest BCUT2D eigenvalue weighted by Crippen LogP contribution is 2.26. The zero-order valence-corrected chi connectivity index (χ0v) is 14.8. The van der Waals surface area contributed by atoms with Crippen LogP contribution in [-0.2, 0) is 9.59 Å². The second-order valence-electron chi connectivity index (χ2n) is 6.43. The highest BCUT2D eigenvalue weighted by atomic mass is 35.5. The minimum atomic E-state index is -0.241. The number of nitrogens with one attached hydrogen (secondary N) is 2. The number of amides is 2. The Bertz CT molecular complexity index is 633. The second-order valence-corrected chi connectivity index (χ2v) is 6.84. The van der Waals surface area contributed by atoms with Gasteiger partial charge in [0.1, 0.15) is 0 Å². The average Bonchev–Trinajstić information content (AvgIpc) is 3.10. The third-order valence-corrected chi connectivity index (χ3v) is 5.08. The number of halogens is 1. The molecule has 0 radical (unpaired) electrons. The summed E-state index contributed by atoms with van der Waals surface area (Å²) in [7, 11) is 0. The maximum atomic E-state index is 12.7. The number of para-hydroxylation sites is 1. The van der Waals surface area contributed by atoms with Crippen molar-refractivity contribution in [3.05, 3.63) is 29.3 Å². The number of carbonyl (C=O) groups is 2. The lowest BCUT2D eigenvalue weighted by Crippen LogP contribution is -2.53. The summed E-state index contributed by atoms with van der Waals surface area (Å²) in [4.78, 5) is 28.2. The minimum absolute atomic E-state index is 0.0287. The topological polar surface area (TPSA) is 90.7 Å². The SMILES string of the molecule is NCC(=O)N[C@H]1CN[C@H](C(=O)N2CCN(c3ccccc3Cl)CC2)C1. The molecule has 7 nitrogen and oxygen atoms in total. The molecule has 0 unspecified atom stereocenters. The number of benzene rings is 1. The molecule has 2 fully saturated rings. The third-order valence-electron chi connectivity index (χ3n) is 4.76. The van der Waals surface area contributed by atoms with Gasteiger partial charge in [0.05, 0.1) is 23.3 Å². The Morgan fingerprint density at radius 3 is 2.64 bits per heavy atom. The van der Waals surface area contributed by atoms with Crippen molar-refractivity contribution in [3.63, 3.8) is 0 Å². The van der Waals surface area contributed by atoms with Gasteiger partial charge in [0, 0.05) is 38.8 Å². The molecule has 0 aliphatic carbocycles. The molecule has 0 aromatic heterocycles. The van der Waals surface area contributed by atoms with Crippen molar-refractivity contribution in [3.8, 4) is 0 Å². The predicted octanol–water partition coefficient (Wildman–Crippen LogP) is -0.206. The van der Waals surface area contributed by atoms with Crippen LogP contribution in [0.15, 0.2) is 24.3 Å². The molecule has 0 bridgehead atoms. The van der Waals surface area contributed by atoms with Gasteiger partial charge < -0.3 is 26.2 Å². The van der Waals surface area contributed by atoms with E-state index in [1.165, 1.54) is 0 Å². The summed E-state index contributed by atoms with van der Waals surface area (Å²) in [5.74, 6) is -0.0865. The van der Waals surface area contributed by atoms with E-state index in [-0.39, 0.29) is 30.4 Å². The van der Waals surface area contributed by atoms with E-state index in [1.54, 1.807) is 0 Å². The van der Waals surface area contributed by atoms with E-state index in [4.69, 9.17) is 17.3 Å². The monoisotopic (exact) mass is 365 g/mol. The number of hydrogen-bond donors (Lipinski definition) is 3. The predicted molar refractivity (Wildman–Crippen MR) is 97.6 cm³/mol. The van der Waals surface area contributed by atoms with Gasteiger partial charge in [-0.3, -0.25) is 9.59 Å². The van der Waals surface area contributed by atoms with E-state index < -0.39 is 0 Å². The van der Waals surface area contributed by atoms with E-state index in [9.17, 15) is 9.59 Å². The summed E-state index contributed by atoms with van der Waals surface area (Å²) in [5.41, 5.74) is 6.33. The summed E-state index contributed by atoms with van der Waals surface area (Å²) < 4.78 is 0. The van der Waals surface area contributed by atoms with Gasteiger partial charge in [-0.15, -0.1) is 0 Å². The Labute approximate surface area is 152 Å². The van der Waals surface area contributed by atoms with Crippen LogP contribution in [0.2, 0.25) is 5.02 Å². The molecule has 1 aromatic rings. The van der Waals surface area contributed by atoms with E-state index in [1.807, 2.05) is 29.2 Å². The fraction of sp³-hybridized carbons (Fsp3) is 0.529. The highest BCUT2D eigenvalue weighted by Gasteiger charge is 2.34. The summed E-state index contributed by atoms with van der Waals surface area (Å²) in [5, 5.41) is 6.77. The summed E-state index contributed by atoms with van der Waals surface area (Å²) >= 11 is 6.25. The zero-order valence-electron chi connectivity index (χ0n) is 14.1. The number of anilines is 1. The Morgan fingerprint density at radius 1 is 1.24 bits per heavy atom. The fourth-order valence-electron chi connectivity index (χ4n) is 3.42. The van der Waals surface area contributed by atoms with Crippen LogP contribution >= 0.6 is 11.6 Å². The van der Waals surface area contributed by atoms with Crippen LogP contribution in [0.5, 0.6) is 0 Å². The van der Waals surface area contributed by atoms with Crippen molar-refractivity contribution >= 4 is 29.1 Å². The maximum absolute atomic E-state index is 12.7. The number of nitrogens with zero attached hydrogens (tertiary/aromatic N) is 2. The molecule has 2 atom stereocenters. The van der Waals surface area contributed by atoms with Gasteiger partial charge >= 0.3 is 0 Å². The van der Waals surface area contributed by atoms with Gasteiger partial charge in [-0.1, -0.05) is 23.7 Å². The smallest absolute Gasteiger partial charge is 0.239 e. The van der Waals surface area contributed by atoms with Crippen LogP contribution in [0, 0.1) is 0 Å². The van der Waals surface area contributed by atoms with Crippen molar-refractivity contribution in [2.75, 3.05) is 44.2 Å². The van der Waals surface area contributed by atoms with Gasteiger partial charge in [0.2, 0.25) is 11.8 Å². The van der Waals surface area contributed by atoms with Crippen LogP contribution in [0.1, 0.15) is 6.42 Å². The molecule has 2 aliphatic heterocycles. The molecule has 2 aliphatic rings. The molecule has 25 heavy (non-hydrogen) atoms. The zero-order chi connectivity index (χ0) is 17.8. The Hall–Kier alpha value is -1.83. The Balaban J connectivity index is 1.51. The van der Waals surface area contributed by atoms with Gasteiger partial charge in [-0.2, -0.15) is 0 Å². The molecule has 4 N–H and O–H groups in total. The standard InChI is InChI=1S/C17H24ClN5O2/c18-13-3-1-2-4-15(13)22-5-7-23(8-6-22)17(25)14-9-12(11-20-14)21-16(24)10-19/h1-4,12,14,20H,5-11,19H2,(H,21,24)/t12-,14+/m1/s1. The molecule has 0 spiro atoms. The first-order chi connectivity index (χ1) is 12.1. The van der Waals surface area contributed by atoms with E-state index in [0.717, 1.165) is 23.8 Å². The van der Waals surface area contributed by atoms with Gasteiger partial charge in [0.25, 0.3) is 0 Å². The van der Waals surface area contributed by atoms with E-state index in [0.29, 0.717) is 26.1 Å². The third kappa shape index (κ3) is 4.23. The molecule has 2 saturated heterocycles. The molecule has 3 rings (SSSR count). The first-order valence-corrected chi connectivity index (χ1v) is 8.97. The lowest BCUT2D eigenvalue weighted by molar-refractivity contribution is -0.133. The molecular formula is C17H24ClN5O2. The Morgan fingerprint density at radius 2 is 1.96 bits per heavy atom. The van der Waals surface area contributed by atoms with Crippen LogP contribution in [-0.4, -0.2) is 68.1 Å². The summed E-state index contributed by atoms with van der Waals surface area (Å²) in [6.45, 7) is 3.43. The number of piperazine rings is 1. The molecule has 1 aromatic carbocycles. The molecule has 8 heteroatoms. The average molecular weight is 366 g/mol. The summed E-state index contributed by atoms with van der Waals surface area (Å²) in [6.07, 6.45) is 0.606. The fourth-order valence-corrected chi connectivity index (χ4v) is 3.67. The molecule has 0 saturated carbocycles. The van der Waals surface area contributed by atoms with Gasteiger partial charge in [0.15, 0.2) is 0 Å². The normalized spacial score (nSPS) is 23.6. The number of hydrogen-bond acceptors (Lipinski definition) is 5. The van der Waals surface area contributed by atoms with Crippen LogP contribution in [0.4, 0.5) is 5.69 Å². The molecule has 2 heterocycles. The second kappa shape index (κ2) is 8.03. The lowest BCUT2D eigenvalue weighted by atomic mass is 10.1. The van der Waals surface area contributed by atoms with Crippen molar-refractivity contribution in [2.24, 2.45) is 5.73 Å². The molecule has 2 amide bonds. The number of carbonyl (C=O) groups excluding carboxylic acids is 2. The van der Waals surface area contributed by atoms with Crippen LogP contribution in [0.3, 0.4) is 0 Å². The van der Waals surface area contributed by atoms with Crippen molar-refractivity contribution in [2.45, 2.75) is 18.5 Å². The first-order valence-electron chi connectivity index (χ1n) is 8.59. The minimum Gasteiger partial charge on any atom is -0.367 e. The number of rotatable bonds is 4. The lowest BCUT2D eigenvalue weighted by Gasteiger charge is -2.37. The van der Waals surface area contributed by atoms with Crippen molar-refractivity contribution < 1.29 is 9.59 Å². The van der Waals surface area contributed by atoms with Gasteiger partial charge in [-0.25, -0.2) is 0 Å². The quantitative estimate of drug-likeness (QED) is 0.687. The van der Waals surface area contributed by atoms with Gasteiger partial charge in [-0.05, 0) is 18.6 Å². The van der Waals surface area contributed by atoms with Crippen LogP contribution < -0.4 is 21.3 Å².